The van der Waals surface area contributed by atoms with E-state index in [-0.39, 0.29) is 18.4 Å². The first-order valence-corrected chi connectivity index (χ1v) is 9.17. The molecule has 3 rings (SSSR count). The van der Waals surface area contributed by atoms with Crippen LogP contribution in [0.25, 0.3) is 0 Å². The van der Waals surface area contributed by atoms with Crippen molar-refractivity contribution >= 4 is 21.6 Å². The zero-order valence-electron chi connectivity index (χ0n) is 12.2. The number of nitrogens with zero attached hydrogens (tertiary/aromatic N) is 2. The minimum absolute atomic E-state index is 0.00856. The van der Waals surface area contributed by atoms with Crippen LogP contribution in [-0.2, 0) is 21.2 Å². The van der Waals surface area contributed by atoms with Crippen LogP contribution >= 0.6 is 0 Å². The van der Waals surface area contributed by atoms with Crippen molar-refractivity contribution in [2.45, 2.75) is 31.7 Å². The predicted octanol–water partition coefficient (Wildman–Crippen LogP) is 1.39. The molecule has 0 atom stereocenters. The summed E-state index contributed by atoms with van der Waals surface area (Å²) in [5, 5.41) is 0. The second kappa shape index (κ2) is 5.42. The number of benzene rings is 1. The molecular formula is C15H20N2O3S. The molecule has 1 aromatic carbocycles. The standard InChI is InChI=1S/C15H20N2O3S/c1-21(19,20)17(13-6-7-13)11-9-15(18)16-10-8-12-4-2-3-5-14(12)16/h2-5,13H,6-11H2,1H3. The summed E-state index contributed by atoms with van der Waals surface area (Å²) in [7, 11) is -3.22. The molecule has 0 spiro atoms. The fraction of sp³-hybridized carbons (Fsp3) is 0.533. The SMILES string of the molecule is CS(=O)(=O)N(CCC(=O)N1CCc2ccccc21)C1CC1. The summed E-state index contributed by atoms with van der Waals surface area (Å²) in [6.07, 6.45) is 4.17. The van der Waals surface area contributed by atoms with Gasteiger partial charge in [-0.05, 0) is 30.9 Å². The van der Waals surface area contributed by atoms with Gasteiger partial charge in [0.2, 0.25) is 15.9 Å². The highest BCUT2D eigenvalue weighted by Gasteiger charge is 2.35. The van der Waals surface area contributed by atoms with Crippen molar-refractivity contribution in [2.75, 3.05) is 24.2 Å². The van der Waals surface area contributed by atoms with Crippen molar-refractivity contribution in [1.82, 2.24) is 4.31 Å². The van der Waals surface area contributed by atoms with E-state index in [0.717, 1.165) is 24.9 Å². The van der Waals surface area contributed by atoms with Gasteiger partial charge in [-0.2, -0.15) is 4.31 Å². The molecule has 2 aliphatic rings. The second-order valence-corrected chi connectivity index (χ2v) is 7.71. The van der Waals surface area contributed by atoms with Crippen molar-refractivity contribution in [2.24, 2.45) is 0 Å². The van der Waals surface area contributed by atoms with E-state index in [4.69, 9.17) is 0 Å². The van der Waals surface area contributed by atoms with Crippen molar-refractivity contribution < 1.29 is 13.2 Å². The summed E-state index contributed by atoms with van der Waals surface area (Å²) in [5.74, 6) is 0.00856. The first kappa shape index (κ1) is 14.5. The monoisotopic (exact) mass is 308 g/mol. The van der Waals surface area contributed by atoms with Gasteiger partial charge in [-0.3, -0.25) is 4.79 Å². The van der Waals surface area contributed by atoms with Crippen LogP contribution in [0.5, 0.6) is 0 Å². The van der Waals surface area contributed by atoms with Crippen LogP contribution in [-0.4, -0.2) is 44.0 Å². The van der Waals surface area contributed by atoms with Gasteiger partial charge in [0, 0.05) is 31.2 Å². The molecule has 0 saturated heterocycles. The molecule has 0 unspecified atom stereocenters. The van der Waals surface area contributed by atoms with Gasteiger partial charge in [0.1, 0.15) is 0 Å². The average Bonchev–Trinajstić information content (AvgIpc) is 3.15. The highest BCUT2D eigenvalue weighted by Crippen LogP contribution is 2.30. The van der Waals surface area contributed by atoms with Crippen LogP contribution in [0.2, 0.25) is 0 Å². The molecule has 6 heteroatoms. The van der Waals surface area contributed by atoms with Gasteiger partial charge in [0.15, 0.2) is 0 Å². The zero-order chi connectivity index (χ0) is 15.0. The maximum Gasteiger partial charge on any atom is 0.228 e. The van der Waals surface area contributed by atoms with Crippen LogP contribution in [0.15, 0.2) is 24.3 Å². The summed E-state index contributed by atoms with van der Waals surface area (Å²) in [4.78, 5) is 14.2. The lowest BCUT2D eigenvalue weighted by molar-refractivity contribution is -0.118. The predicted molar refractivity (Wildman–Crippen MR) is 81.7 cm³/mol. The summed E-state index contributed by atoms with van der Waals surface area (Å²) >= 11 is 0. The number of carbonyl (C=O) groups excluding carboxylic acids is 1. The van der Waals surface area contributed by atoms with Gasteiger partial charge >= 0.3 is 0 Å². The van der Waals surface area contributed by atoms with Gasteiger partial charge in [-0.25, -0.2) is 8.42 Å². The lowest BCUT2D eigenvalue weighted by Crippen LogP contribution is -2.37. The van der Waals surface area contributed by atoms with Crippen molar-refractivity contribution in [3.63, 3.8) is 0 Å². The largest absolute Gasteiger partial charge is 0.312 e. The zero-order valence-corrected chi connectivity index (χ0v) is 13.0. The quantitative estimate of drug-likeness (QED) is 0.826. The third kappa shape index (κ3) is 3.11. The maximum absolute atomic E-state index is 12.4. The van der Waals surface area contributed by atoms with Crippen LogP contribution in [0, 0.1) is 0 Å². The number of hydrogen-bond acceptors (Lipinski definition) is 3. The number of para-hydroxylation sites is 1. The second-order valence-electron chi connectivity index (χ2n) is 5.78. The van der Waals surface area contributed by atoms with E-state index >= 15 is 0 Å². The van der Waals surface area contributed by atoms with E-state index in [1.54, 1.807) is 4.90 Å². The Morgan fingerprint density at radius 2 is 2.05 bits per heavy atom. The van der Waals surface area contributed by atoms with Crippen LogP contribution in [0.1, 0.15) is 24.8 Å². The van der Waals surface area contributed by atoms with Gasteiger partial charge in [-0.15, -0.1) is 0 Å². The first-order chi connectivity index (χ1) is 9.97. The number of amides is 1. The Morgan fingerprint density at radius 1 is 1.33 bits per heavy atom. The Kier molecular flexibility index (Phi) is 3.75. The smallest absolute Gasteiger partial charge is 0.228 e. The van der Waals surface area contributed by atoms with Gasteiger partial charge in [-0.1, -0.05) is 18.2 Å². The van der Waals surface area contributed by atoms with E-state index in [1.807, 2.05) is 24.3 Å². The molecule has 1 heterocycles. The number of hydrogen-bond donors (Lipinski definition) is 0. The van der Waals surface area contributed by atoms with Crippen molar-refractivity contribution in [3.05, 3.63) is 29.8 Å². The van der Waals surface area contributed by atoms with E-state index < -0.39 is 10.0 Å². The maximum atomic E-state index is 12.4. The Balaban J connectivity index is 1.65. The fourth-order valence-electron chi connectivity index (χ4n) is 2.92. The van der Waals surface area contributed by atoms with Gasteiger partial charge in [0.05, 0.1) is 6.26 Å². The van der Waals surface area contributed by atoms with Crippen molar-refractivity contribution in [1.29, 1.82) is 0 Å². The molecule has 0 aromatic heterocycles. The molecule has 1 aliphatic carbocycles. The number of sulfonamides is 1. The molecule has 5 nitrogen and oxygen atoms in total. The average molecular weight is 308 g/mol. The van der Waals surface area contributed by atoms with E-state index in [2.05, 4.69) is 0 Å². The van der Waals surface area contributed by atoms with E-state index in [1.165, 1.54) is 16.1 Å². The molecule has 1 aliphatic heterocycles. The number of fused-ring (bicyclic) bond motifs is 1. The summed E-state index contributed by atoms with van der Waals surface area (Å²) in [6.45, 7) is 0.988. The molecule has 0 radical (unpaired) electrons. The highest BCUT2D eigenvalue weighted by molar-refractivity contribution is 7.88. The highest BCUT2D eigenvalue weighted by atomic mass is 32.2. The number of carbonyl (C=O) groups is 1. The molecule has 1 saturated carbocycles. The summed E-state index contributed by atoms with van der Waals surface area (Å²) in [5.41, 5.74) is 2.16. The Bertz CT molecular complexity index is 653. The minimum atomic E-state index is -3.22. The minimum Gasteiger partial charge on any atom is -0.312 e. The molecule has 1 fully saturated rings. The van der Waals surface area contributed by atoms with E-state index in [9.17, 15) is 13.2 Å². The molecule has 0 N–H and O–H groups in total. The molecular weight excluding hydrogens is 288 g/mol. The molecule has 21 heavy (non-hydrogen) atoms. The Morgan fingerprint density at radius 3 is 2.71 bits per heavy atom. The molecule has 1 aromatic rings. The normalized spacial score (nSPS) is 18.1. The Hall–Kier alpha value is -1.40. The fourth-order valence-corrected chi connectivity index (χ4v) is 4.10. The van der Waals surface area contributed by atoms with Gasteiger partial charge < -0.3 is 4.90 Å². The van der Waals surface area contributed by atoms with Crippen LogP contribution < -0.4 is 4.90 Å². The third-order valence-corrected chi connectivity index (χ3v) is 5.45. The lowest BCUT2D eigenvalue weighted by atomic mass is 10.2. The molecule has 0 bridgehead atoms. The van der Waals surface area contributed by atoms with Crippen LogP contribution in [0.4, 0.5) is 5.69 Å². The third-order valence-electron chi connectivity index (χ3n) is 4.11. The number of anilines is 1. The topological polar surface area (TPSA) is 57.7 Å². The lowest BCUT2D eigenvalue weighted by Gasteiger charge is -2.22. The Labute approximate surface area is 125 Å². The first-order valence-electron chi connectivity index (χ1n) is 7.32. The van der Waals surface area contributed by atoms with Gasteiger partial charge in [0.25, 0.3) is 0 Å². The molecule has 1 amide bonds. The van der Waals surface area contributed by atoms with E-state index in [0.29, 0.717) is 13.1 Å². The summed E-state index contributed by atoms with van der Waals surface area (Å²) < 4.78 is 25.0. The summed E-state index contributed by atoms with van der Waals surface area (Å²) in [6, 6.07) is 8.01. The van der Waals surface area contributed by atoms with Crippen LogP contribution in [0.3, 0.4) is 0 Å². The van der Waals surface area contributed by atoms with Crippen molar-refractivity contribution in [3.8, 4) is 0 Å². The molecule has 114 valence electrons. The number of rotatable bonds is 5.